The highest BCUT2D eigenvalue weighted by molar-refractivity contribution is 5.94. The first-order chi connectivity index (χ1) is 17.0. The molecule has 1 atom stereocenters. The van der Waals surface area contributed by atoms with Crippen molar-refractivity contribution in [1.29, 1.82) is 0 Å². The number of anilines is 3. The molecule has 0 aliphatic carbocycles. The smallest absolute Gasteiger partial charge is 0.325 e. The van der Waals surface area contributed by atoms with E-state index in [1.54, 1.807) is 12.1 Å². The Morgan fingerprint density at radius 2 is 1.49 bits per heavy atom. The van der Waals surface area contributed by atoms with Crippen molar-refractivity contribution < 1.29 is 24.2 Å². The molecule has 12 heteroatoms. The van der Waals surface area contributed by atoms with Crippen LogP contribution in [0.1, 0.15) is 37.0 Å². The van der Waals surface area contributed by atoms with Crippen molar-refractivity contribution >= 4 is 29.7 Å². The van der Waals surface area contributed by atoms with Crippen molar-refractivity contribution in [3.05, 3.63) is 35.9 Å². The van der Waals surface area contributed by atoms with Gasteiger partial charge in [0.25, 0.3) is 5.91 Å². The van der Waals surface area contributed by atoms with Crippen LogP contribution in [-0.4, -0.2) is 84.0 Å². The minimum absolute atomic E-state index is 0.130. The Bertz CT molecular complexity index is 901. The predicted molar refractivity (Wildman–Crippen MR) is 133 cm³/mol. The molecule has 2 rings (SSSR count). The van der Waals surface area contributed by atoms with Gasteiger partial charge in [-0.1, -0.05) is 31.5 Å². The van der Waals surface area contributed by atoms with E-state index in [4.69, 9.17) is 14.6 Å². The zero-order valence-electron chi connectivity index (χ0n) is 20.2. The lowest BCUT2D eigenvalue weighted by atomic mass is 10.2. The number of carbonyl (C=O) groups is 2. The molecule has 5 N–H and O–H groups in total. The Labute approximate surface area is 205 Å². The Hall–Kier alpha value is -3.51. The second-order valence-electron chi connectivity index (χ2n) is 7.56. The van der Waals surface area contributed by atoms with Gasteiger partial charge in [-0.15, -0.1) is 0 Å². The maximum atomic E-state index is 11.9. The lowest BCUT2D eigenvalue weighted by Crippen LogP contribution is -2.27. The fourth-order valence-corrected chi connectivity index (χ4v) is 2.72. The van der Waals surface area contributed by atoms with Gasteiger partial charge in [0.05, 0.1) is 26.4 Å². The topological polar surface area (TPSA) is 160 Å². The van der Waals surface area contributed by atoms with E-state index in [0.29, 0.717) is 63.5 Å². The summed E-state index contributed by atoms with van der Waals surface area (Å²) in [5, 5.41) is 20.8. The number of nitrogens with one attached hydrogen (secondary N) is 4. The van der Waals surface area contributed by atoms with Gasteiger partial charge in [0.15, 0.2) is 0 Å². The number of unbranched alkanes of at least 4 members (excludes halogenated alkanes) is 1. The van der Waals surface area contributed by atoms with E-state index in [9.17, 15) is 9.59 Å². The summed E-state index contributed by atoms with van der Waals surface area (Å²) >= 11 is 0. The highest BCUT2D eigenvalue weighted by Gasteiger charge is 2.14. The number of aliphatic carboxylic acids is 1. The molecule has 12 nitrogen and oxygen atoms in total. The zero-order valence-corrected chi connectivity index (χ0v) is 20.2. The molecular weight excluding hydrogens is 454 g/mol. The number of hydrogen-bond donors (Lipinski definition) is 5. The van der Waals surface area contributed by atoms with Crippen LogP contribution in [0.3, 0.4) is 0 Å². The molecular formula is C23H35N7O5. The zero-order chi connectivity index (χ0) is 25.3. The predicted octanol–water partition coefficient (Wildman–Crippen LogP) is 1.84. The van der Waals surface area contributed by atoms with E-state index in [0.717, 1.165) is 12.8 Å². The van der Waals surface area contributed by atoms with Gasteiger partial charge in [-0.2, -0.15) is 15.0 Å². The lowest BCUT2D eigenvalue weighted by molar-refractivity contribution is -0.137. The van der Waals surface area contributed by atoms with Crippen molar-refractivity contribution in [3.8, 4) is 0 Å². The molecule has 0 spiro atoms. The molecule has 0 saturated heterocycles. The number of carboxylic acid groups (broad SMARTS) is 1. The Balaban J connectivity index is 1.63. The number of benzene rings is 1. The summed E-state index contributed by atoms with van der Waals surface area (Å²) in [6.45, 7) is 6.75. The molecule has 0 radical (unpaired) electrons. The molecule has 0 aliphatic heterocycles. The summed E-state index contributed by atoms with van der Waals surface area (Å²) in [6, 6.07) is 8.16. The minimum atomic E-state index is -1.00. The van der Waals surface area contributed by atoms with E-state index in [2.05, 4.69) is 43.1 Å². The van der Waals surface area contributed by atoms with Crippen LogP contribution >= 0.6 is 0 Å². The minimum Gasteiger partial charge on any atom is -0.480 e. The summed E-state index contributed by atoms with van der Waals surface area (Å²) in [5.74, 6) is -0.285. The van der Waals surface area contributed by atoms with Gasteiger partial charge in [0.2, 0.25) is 17.8 Å². The van der Waals surface area contributed by atoms with Crippen LogP contribution in [-0.2, 0) is 14.3 Å². The average molecular weight is 490 g/mol. The molecule has 1 aromatic carbocycles. The molecule has 1 aromatic heterocycles. The summed E-state index contributed by atoms with van der Waals surface area (Å²) in [5.41, 5.74) is 0.615. The number of aromatic nitrogens is 3. The van der Waals surface area contributed by atoms with E-state index < -0.39 is 12.0 Å². The van der Waals surface area contributed by atoms with Crippen molar-refractivity contribution in [2.75, 3.05) is 62.0 Å². The number of ether oxygens (including phenoxy) is 2. The maximum absolute atomic E-state index is 11.9. The molecule has 0 saturated carbocycles. The summed E-state index contributed by atoms with van der Waals surface area (Å²) < 4.78 is 11.0. The van der Waals surface area contributed by atoms with Crippen molar-refractivity contribution in [1.82, 2.24) is 20.3 Å². The van der Waals surface area contributed by atoms with Gasteiger partial charge in [0, 0.05) is 25.2 Å². The highest BCUT2D eigenvalue weighted by atomic mass is 16.5. The summed E-state index contributed by atoms with van der Waals surface area (Å²) in [6.07, 6.45) is 1.98. The van der Waals surface area contributed by atoms with Crippen LogP contribution in [0.5, 0.6) is 0 Å². The first-order valence-electron chi connectivity index (χ1n) is 11.7. The third-order valence-electron chi connectivity index (χ3n) is 4.63. The first-order valence-corrected chi connectivity index (χ1v) is 11.7. The van der Waals surface area contributed by atoms with Gasteiger partial charge < -0.3 is 35.8 Å². The van der Waals surface area contributed by atoms with Crippen LogP contribution in [0.2, 0.25) is 0 Å². The van der Waals surface area contributed by atoms with Gasteiger partial charge in [-0.05, 0) is 25.5 Å². The van der Waals surface area contributed by atoms with Crippen LogP contribution in [0.25, 0.3) is 0 Å². The van der Waals surface area contributed by atoms with Crippen molar-refractivity contribution in [2.45, 2.75) is 32.7 Å². The molecule has 1 amide bonds. The van der Waals surface area contributed by atoms with E-state index >= 15 is 0 Å². The monoisotopic (exact) mass is 489 g/mol. The maximum Gasteiger partial charge on any atom is 0.325 e. The van der Waals surface area contributed by atoms with Gasteiger partial charge in [-0.3, -0.25) is 9.59 Å². The van der Waals surface area contributed by atoms with E-state index in [1.807, 2.05) is 18.2 Å². The van der Waals surface area contributed by atoms with Crippen molar-refractivity contribution in [2.24, 2.45) is 0 Å². The molecule has 2 aromatic rings. The molecule has 1 heterocycles. The quantitative estimate of drug-likeness (QED) is 0.194. The summed E-state index contributed by atoms with van der Waals surface area (Å²) in [7, 11) is 0. The largest absolute Gasteiger partial charge is 0.480 e. The SMILES string of the molecule is CCCCNc1nc(NCCOCCOCCNC(=O)c2ccccc2)nc(N[C@@H](C)C(=O)O)n1. The fourth-order valence-electron chi connectivity index (χ4n) is 2.72. The van der Waals surface area contributed by atoms with Gasteiger partial charge in [-0.25, -0.2) is 0 Å². The second-order valence-corrected chi connectivity index (χ2v) is 7.56. The van der Waals surface area contributed by atoms with E-state index in [1.165, 1.54) is 6.92 Å². The number of rotatable bonds is 18. The second kappa shape index (κ2) is 16.2. The number of amides is 1. The van der Waals surface area contributed by atoms with Crippen LogP contribution in [0, 0.1) is 0 Å². The highest BCUT2D eigenvalue weighted by Crippen LogP contribution is 2.10. The number of carboxylic acids is 1. The lowest BCUT2D eigenvalue weighted by Gasteiger charge is -2.13. The third-order valence-corrected chi connectivity index (χ3v) is 4.63. The molecule has 0 aliphatic rings. The van der Waals surface area contributed by atoms with Crippen LogP contribution in [0.4, 0.5) is 17.8 Å². The first kappa shape index (κ1) is 27.7. The Morgan fingerprint density at radius 1 is 0.886 bits per heavy atom. The van der Waals surface area contributed by atoms with Crippen molar-refractivity contribution in [3.63, 3.8) is 0 Å². The number of hydrogen-bond acceptors (Lipinski definition) is 10. The third kappa shape index (κ3) is 11.5. The number of carbonyl (C=O) groups excluding carboxylic acids is 1. The molecule has 0 bridgehead atoms. The fraction of sp³-hybridized carbons (Fsp3) is 0.522. The van der Waals surface area contributed by atoms with Crippen LogP contribution in [0.15, 0.2) is 30.3 Å². The number of nitrogens with zero attached hydrogens (tertiary/aromatic N) is 3. The van der Waals surface area contributed by atoms with E-state index in [-0.39, 0.29) is 11.9 Å². The Kier molecular flexibility index (Phi) is 12.8. The Morgan fingerprint density at radius 3 is 2.11 bits per heavy atom. The average Bonchev–Trinajstić information content (AvgIpc) is 2.85. The summed E-state index contributed by atoms with van der Waals surface area (Å²) in [4.78, 5) is 35.8. The van der Waals surface area contributed by atoms with Gasteiger partial charge in [0.1, 0.15) is 6.04 Å². The molecule has 35 heavy (non-hydrogen) atoms. The normalized spacial score (nSPS) is 11.5. The molecule has 192 valence electrons. The molecule has 0 fully saturated rings. The van der Waals surface area contributed by atoms with Gasteiger partial charge >= 0.3 is 5.97 Å². The molecule has 0 unspecified atom stereocenters. The van der Waals surface area contributed by atoms with Crippen LogP contribution < -0.4 is 21.3 Å². The standard InChI is InChI=1S/C23H35N7O5/c1-3-4-10-25-21-28-22(30-23(29-21)27-17(2)20(32)33)26-12-14-35-16-15-34-13-11-24-19(31)18-8-6-5-7-9-18/h5-9,17H,3-4,10-16H2,1-2H3,(H,24,31)(H,32,33)(H3,25,26,27,28,29,30)/t17-/m0/s1.